The lowest BCUT2D eigenvalue weighted by Crippen LogP contribution is -2.34. The van der Waals surface area contributed by atoms with Gasteiger partial charge in [-0.1, -0.05) is 0 Å². The van der Waals surface area contributed by atoms with Crippen molar-refractivity contribution in [3.8, 4) is 0 Å². The van der Waals surface area contributed by atoms with E-state index in [4.69, 9.17) is 5.11 Å². The summed E-state index contributed by atoms with van der Waals surface area (Å²) < 4.78 is 8.55. The predicted octanol–water partition coefficient (Wildman–Crippen LogP) is -0.671. The smallest absolute Gasteiger partial charge is 0.335 e. The molecule has 0 rings (SSSR count). The quantitative estimate of drug-likeness (QED) is 0.577. The summed E-state index contributed by atoms with van der Waals surface area (Å²) in [5, 5.41) is 9.11. The van der Waals surface area contributed by atoms with Gasteiger partial charge in [0.25, 0.3) is 0 Å². The molecule has 12 heavy (non-hydrogen) atoms. The average molecular weight is 176 g/mol. The molecule has 2 atom stereocenters. The van der Waals surface area contributed by atoms with Gasteiger partial charge in [0.05, 0.1) is 20.1 Å². The lowest BCUT2D eigenvalue weighted by Gasteiger charge is -2.13. The van der Waals surface area contributed by atoms with E-state index in [0.717, 1.165) is 7.11 Å². The van der Waals surface area contributed by atoms with E-state index >= 15 is 0 Å². The van der Waals surface area contributed by atoms with Gasteiger partial charge in [0, 0.05) is 0 Å². The highest BCUT2D eigenvalue weighted by atomic mass is 16.5. The molecule has 0 aromatic carbocycles. The van der Waals surface area contributed by atoms with Crippen molar-refractivity contribution in [2.24, 2.45) is 5.92 Å². The van der Waals surface area contributed by atoms with E-state index in [1.807, 2.05) is 0 Å². The minimum absolute atomic E-state index is 0.645. The summed E-state index contributed by atoms with van der Waals surface area (Å²) in [6, 6.07) is 0. The molecule has 0 aliphatic carbocycles. The zero-order valence-corrected chi connectivity index (χ0v) is 7.23. The third kappa shape index (κ3) is 2.50. The molecule has 0 heterocycles. The van der Waals surface area contributed by atoms with Gasteiger partial charge in [-0.15, -0.1) is 0 Å². The molecule has 0 fully saturated rings. The molecule has 5 heteroatoms. The van der Waals surface area contributed by atoms with Crippen LogP contribution in [0, 0.1) is 5.92 Å². The molecule has 0 amide bonds. The van der Waals surface area contributed by atoms with Crippen molar-refractivity contribution in [2.75, 3.05) is 14.2 Å². The normalized spacial score (nSPS) is 14.7. The minimum atomic E-state index is -1.46. The number of hydrogen-bond donors (Lipinski definition) is 1. The van der Waals surface area contributed by atoms with Crippen LogP contribution in [0.3, 0.4) is 0 Å². The predicted molar refractivity (Wildman–Crippen MR) is 39.2 cm³/mol. The third-order valence-electron chi connectivity index (χ3n) is 1.49. The highest BCUT2D eigenvalue weighted by molar-refractivity contribution is 5.83. The van der Waals surface area contributed by atoms with Gasteiger partial charge in [-0.25, -0.2) is 4.79 Å². The van der Waals surface area contributed by atoms with Gasteiger partial charge in [0.15, 0.2) is 6.10 Å². The Morgan fingerprint density at radius 1 is 1.17 bits per heavy atom. The Bertz CT molecular complexity index is 157. The lowest BCUT2D eigenvalue weighted by atomic mass is 10.1. The Morgan fingerprint density at radius 2 is 1.58 bits per heavy atom. The first-order valence-corrected chi connectivity index (χ1v) is 3.38. The number of carbonyl (C=O) groups excluding carboxylic acids is 2. The number of rotatable bonds is 3. The molecule has 0 saturated heterocycles. The number of methoxy groups -OCH3 is 2. The van der Waals surface area contributed by atoms with Crippen LogP contribution in [0.4, 0.5) is 0 Å². The van der Waals surface area contributed by atoms with E-state index in [-0.39, 0.29) is 0 Å². The number of aliphatic hydroxyl groups is 1. The first-order chi connectivity index (χ1) is 5.54. The average Bonchev–Trinajstić information content (AvgIpc) is 2.12. The van der Waals surface area contributed by atoms with Crippen molar-refractivity contribution in [1.29, 1.82) is 0 Å². The monoisotopic (exact) mass is 176 g/mol. The van der Waals surface area contributed by atoms with Gasteiger partial charge in [0.1, 0.15) is 0 Å². The number of hydrogen-bond acceptors (Lipinski definition) is 5. The summed E-state index contributed by atoms with van der Waals surface area (Å²) in [6.45, 7) is 1.38. The van der Waals surface area contributed by atoms with E-state index in [9.17, 15) is 9.59 Å². The topological polar surface area (TPSA) is 72.8 Å². The fourth-order valence-electron chi connectivity index (χ4n) is 0.640. The molecule has 0 saturated carbocycles. The van der Waals surface area contributed by atoms with Gasteiger partial charge < -0.3 is 14.6 Å². The number of carbonyl (C=O) groups is 2. The van der Waals surface area contributed by atoms with E-state index in [1.165, 1.54) is 14.0 Å². The molecular formula is C7H12O5. The van der Waals surface area contributed by atoms with Gasteiger partial charge in [0.2, 0.25) is 0 Å². The van der Waals surface area contributed by atoms with E-state index in [2.05, 4.69) is 9.47 Å². The maximum absolute atomic E-state index is 10.8. The highest BCUT2D eigenvalue weighted by Crippen LogP contribution is 2.06. The molecule has 1 unspecified atom stereocenters. The van der Waals surface area contributed by atoms with Crippen molar-refractivity contribution >= 4 is 11.9 Å². The summed E-state index contributed by atoms with van der Waals surface area (Å²) in [5.74, 6) is -2.39. The molecule has 5 nitrogen and oxygen atoms in total. The van der Waals surface area contributed by atoms with Crippen molar-refractivity contribution in [2.45, 2.75) is 13.0 Å². The summed E-state index contributed by atoms with van der Waals surface area (Å²) >= 11 is 0. The number of ether oxygens (including phenoxy) is 2. The van der Waals surface area contributed by atoms with Crippen LogP contribution in [0.25, 0.3) is 0 Å². The summed E-state index contributed by atoms with van der Waals surface area (Å²) in [7, 11) is 2.32. The van der Waals surface area contributed by atoms with Gasteiger partial charge >= 0.3 is 11.9 Å². The molecule has 0 aromatic rings. The van der Waals surface area contributed by atoms with Gasteiger partial charge in [-0.2, -0.15) is 0 Å². The van der Waals surface area contributed by atoms with Crippen LogP contribution in [0.2, 0.25) is 0 Å². The SMILES string of the molecule is COC(=O)C(C)[C@@H](O)C(=O)OC. The highest BCUT2D eigenvalue weighted by Gasteiger charge is 2.29. The van der Waals surface area contributed by atoms with Crippen LogP contribution in [0.15, 0.2) is 0 Å². The summed E-state index contributed by atoms with van der Waals surface area (Å²) in [6.07, 6.45) is -1.46. The zero-order chi connectivity index (χ0) is 9.72. The fraction of sp³-hybridized carbons (Fsp3) is 0.714. The third-order valence-corrected chi connectivity index (χ3v) is 1.49. The first kappa shape index (κ1) is 10.9. The lowest BCUT2D eigenvalue weighted by molar-refractivity contribution is -0.162. The molecule has 0 spiro atoms. The molecule has 0 aliphatic heterocycles. The molecular weight excluding hydrogens is 164 g/mol. The maximum atomic E-state index is 10.8. The molecule has 0 bridgehead atoms. The van der Waals surface area contributed by atoms with Crippen LogP contribution in [0.5, 0.6) is 0 Å². The van der Waals surface area contributed by atoms with Crippen molar-refractivity contribution < 1.29 is 24.2 Å². The maximum Gasteiger partial charge on any atom is 0.335 e. The standard InChI is InChI=1S/C7H12O5/c1-4(6(9)11-2)5(8)7(10)12-3/h4-5,8H,1-3H3/t4?,5-/m1/s1. The Kier molecular flexibility index (Phi) is 4.28. The van der Waals surface area contributed by atoms with E-state index in [0.29, 0.717) is 0 Å². The van der Waals surface area contributed by atoms with Crippen LogP contribution < -0.4 is 0 Å². The van der Waals surface area contributed by atoms with Crippen LogP contribution in [-0.4, -0.2) is 37.4 Å². The van der Waals surface area contributed by atoms with E-state index < -0.39 is 24.0 Å². The Labute approximate surface area is 70.3 Å². The fourth-order valence-corrected chi connectivity index (χ4v) is 0.640. The second kappa shape index (κ2) is 4.71. The minimum Gasteiger partial charge on any atom is -0.469 e. The Hall–Kier alpha value is -1.10. The first-order valence-electron chi connectivity index (χ1n) is 3.38. The van der Waals surface area contributed by atoms with Gasteiger partial charge in [-0.05, 0) is 6.92 Å². The zero-order valence-electron chi connectivity index (χ0n) is 7.23. The largest absolute Gasteiger partial charge is 0.469 e. The van der Waals surface area contributed by atoms with Crippen molar-refractivity contribution in [3.05, 3.63) is 0 Å². The van der Waals surface area contributed by atoms with Crippen LogP contribution in [0.1, 0.15) is 6.92 Å². The van der Waals surface area contributed by atoms with E-state index in [1.54, 1.807) is 0 Å². The molecule has 0 radical (unpaired) electrons. The van der Waals surface area contributed by atoms with Crippen LogP contribution in [-0.2, 0) is 19.1 Å². The van der Waals surface area contributed by atoms with Crippen molar-refractivity contribution in [1.82, 2.24) is 0 Å². The summed E-state index contributed by atoms with van der Waals surface area (Å²) in [4.78, 5) is 21.5. The summed E-state index contributed by atoms with van der Waals surface area (Å²) in [5.41, 5.74) is 0. The second-order valence-corrected chi connectivity index (χ2v) is 2.28. The molecule has 70 valence electrons. The molecule has 0 aliphatic rings. The molecule has 1 N–H and O–H groups in total. The Morgan fingerprint density at radius 3 is 1.92 bits per heavy atom. The number of esters is 2. The number of aliphatic hydroxyl groups excluding tert-OH is 1. The van der Waals surface area contributed by atoms with Crippen molar-refractivity contribution in [3.63, 3.8) is 0 Å². The Balaban J connectivity index is 4.18. The molecule has 0 aromatic heterocycles. The van der Waals surface area contributed by atoms with Gasteiger partial charge in [-0.3, -0.25) is 4.79 Å². The van der Waals surface area contributed by atoms with Crippen LogP contribution >= 0.6 is 0 Å². The second-order valence-electron chi connectivity index (χ2n) is 2.28.